The largest absolute Gasteiger partial charge is 0.313 e. The Bertz CT molecular complexity index is 590. The molecule has 20 heavy (non-hydrogen) atoms. The highest BCUT2D eigenvalue weighted by atomic mass is 35.5. The van der Waals surface area contributed by atoms with Gasteiger partial charge in [-0.15, -0.1) is 0 Å². The van der Waals surface area contributed by atoms with Gasteiger partial charge in [0.2, 0.25) is 0 Å². The molecule has 0 aliphatic rings. The van der Waals surface area contributed by atoms with Gasteiger partial charge in [0.15, 0.2) is 0 Å². The maximum Gasteiger partial charge on any atom is 0.142 e. The van der Waals surface area contributed by atoms with Crippen molar-refractivity contribution in [2.45, 2.75) is 26.3 Å². The van der Waals surface area contributed by atoms with E-state index in [1.165, 1.54) is 22.8 Å². The average molecular weight is 292 g/mol. The van der Waals surface area contributed by atoms with E-state index in [2.05, 4.69) is 37.4 Å². The van der Waals surface area contributed by atoms with Crippen LogP contribution < -0.4 is 5.32 Å². The van der Waals surface area contributed by atoms with E-state index in [4.69, 9.17) is 11.6 Å². The van der Waals surface area contributed by atoms with Crippen LogP contribution in [0.2, 0.25) is 5.02 Å². The number of nitrogens with one attached hydrogen (secondary N) is 1. The van der Waals surface area contributed by atoms with Gasteiger partial charge in [-0.05, 0) is 50.6 Å². The molecule has 0 saturated carbocycles. The van der Waals surface area contributed by atoms with Crippen LogP contribution in [0.1, 0.15) is 28.3 Å². The summed E-state index contributed by atoms with van der Waals surface area (Å²) in [6, 6.07) is 11.6. The third-order valence-electron chi connectivity index (χ3n) is 3.42. The number of hydrogen-bond acceptors (Lipinski definition) is 1. The molecule has 2 aromatic carbocycles. The van der Waals surface area contributed by atoms with Crippen LogP contribution in [0.15, 0.2) is 36.4 Å². The van der Waals surface area contributed by atoms with Crippen molar-refractivity contribution in [1.29, 1.82) is 0 Å². The van der Waals surface area contributed by atoms with E-state index in [0.717, 1.165) is 12.0 Å². The van der Waals surface area contributed by atoms with Crippen LogP contribution in [0.3, 0.4) is 0 Å². The van der Waals surface area contributed by atoms with Gasteiger partial charge in [0.1, 0.15) is 5.82 Å². The summed E-state index contributed by atoms with van der Waals surface area (Å²) in [6.07, 6.45) is 0.820. The summed E-state index contributed by atoms with van der Waals surface area (Å²) in [7, 11) is 1.89. The summed E-state index contributed by atoms with van der Waals surface area (Å²) in [6.45, 7) is 4.18. The van der Waals surface area contributed by atoms with Crippen molar-refractivity contribution in [3.8, 4) is 0 Å². The molecule has 106 valence electrons. The molecule has 1 atom stereocenters. The maximum absolute atomic E-state index is 13.6. The molecule has 0 saturated heterocycles. The first-order valence-electron chi connectivity index (χ1n) is 6.69. The van der Waals surface area contributed by atoms with Crippen molar-refractivity contribution in [1.82, 2.24) is 5.32 Å². The van der Waals surface area contributed by atoms with Gasteiger partial charge < -0.3 is 5.32 Å². The predicted octanol–water partition coefficient (Wildman–Crippen LogP) is 4.60. The SMILES string of the molecule is CNC(Cc1cc(C)cc(C)c1)c1ccc(Cl)c(F)c1. The molecule has 0 amide bonds. The lowest BCUT2D eigenvalue weighted by Crippen LogP contribution is -2.19. The number of rotatable bonds is 4. The minimum Gasteiger partial charge on any atom is -0.313 e. The lowest BCUT2D eigenvalue weighted by molar-refractivity contribution is 0.577. The topological polar surface area (TPSA) is 12.0 Å². The molecule has 3 heteroatoms. The number of hydrogen-bond donors (Lipinski definition) is 1. The van der Waals surface area contributed by atoms with Gasteiger partial charge in [-0.3, -0.25) is 0 Å². The monoisotopic (exact) mass is 291 g/mol. The number of benzene rings is 2. The van der Waals surface area contributed by atoms with Crippen LogP contribution in [0.5, 0.6) is 0 Å². The Labute approximate surface area is 124 Å². The first kappa shape index (κ1) is 15.0. The molecule has 1 N–H and O–H groups in total. The number of halogens is 2. The summed E-state index contributed by atoms with van der Waals surface area (Å²) in [5.74, 6) is -0.371. The third-order valence-corrected chi connectivity index (χ3v) is 3.72. The van der Waals surface area contributed by atoms with Gasteiger partial charge in [-0.2, -0.15) is 0 Å². The molecular formula is C17H19ClFN. The number of likely N-dealkylation sites (N-methyl/N-ethyl adjacent to an activating group) is 1. The van der Waals surface area contributed by atoms with Gasteiger partial charge in [0.05, 0.1) is 5.02 Å². The molecule has 2 aromatic rings. The molecule has 0 radical (unpaired) electrons. The molecule has 0 bridgehead atoms. The van der Waals surface area contributed by atoms with E-state index in [1.807, 2.05) is 13.1 Å². The van der Waals surface area contributed by atoms with E-state index in [9.17, 15) is 4.39 Å². The highest BCUT2D eigenvalue weighted by Gasteiger charge is 2.12. The molecule has 2 rings (SSSR count). The smallest absolute Gasteiger partial charge is 0.142 e. The van der Waals surface area contributed by atoms with Crippen LogP contribution >= 0.6 is 11.6 Å². The molecule has 0 aliphatic heterocycles. The van der Waals surface area contributed by atoms with Crippen molar-refractivity contribution >= 4 is 11.6 Å². The van der Waals surface area contributed by atoms with Gasteiger partial charge in [0.25, 0.3) is 0 Å². The normalized spacial score (nSPS) is 12.4. The van der Waals surface area contributed by atoms with Crippen molar-refractivity contribution in [2.75, 3.05) is 7.05 Å². The zero-order chi connectivity index (χ0) is 14.7. The minimum absolute atomic E-state index is 0.0722. The van der Waals surface area contributed by atoms with E-state index in [-0.39, 0.29) is 16.9 Å². The highest BCUT2D eigenvalue weighted by Crippen LogP contribution is 2.23. The lowest BCUT2D eigenvalue weighted by atomic mass is 9.96. The Balaban J connectivity index is 2.26. The highest BCUT2D eigenvalue weighted by molar-refractivity contribution is 6.30. The molecule has 0 aromatic heterocycles. The Morgan fingerprint density at radius 2 is 1.75 bits per heavy atom. The average Bonchev–Trinajstić information content (AvgIpc) is 2.38. The van der Waals surface area contributed by atoms with Crippen molar-refractivity contribution < 1.29 is 4.39 Å². The second-order valence-corrected chi connectivity index (χ2v) is 5.62. The van der Waals surface area contributed by atoms with Crippen LogP contribution in [0.25, 0.3) is 0 Å². The van der Waals surface area contributed by atoms with Crippen LogP contribution in [-0.4, -0.2) is 7.05 Å². The second kappa shape index (κ2) is 6.38. The maximum atomic E-state index is 13.6. The van der Waals surface area contributed by atoms with Crippen molar-refractivity contribution in [2.24, 2.45) is 0 Å². The molecule has 0 heterocycles. The molecular weight excluding hydrogens is 273 g/mol. The number of aryl methyl sites for hydroxylation is 2. The lowest BCUT2D eigenvalue weighted by Gasteiger charge is -2.18. The standard InChI is InChI=1S/C17H19ClFN/c1-11-6-12(2)8-13(7-11)9-17(20-3)14-4-5-15(18)16(19)10-14/h4-8,10,17,20H,9H2,1-3H3. The first-order chi connectivity index (χ1) is 9.49. The van der Waals surface area contributed by atoms with Crippen molar-refractivity contribution in [3.05, 3.63) is 69.5 Å². The fraction of sp³-hybridized carbons (Fsp3) is 0.294. The van der Waals surface area contributed by atoms with E-state index < -0.39 is 0 Å². The zero-order valence-electron chi connectivity index (χ0n) is 12.0. The zero-order valence-corrected chi connectivity index (χ0v) is 12.8. The summed E-state index contributed by atoms with van der Waals surface area (Å²) in [5.41, 5.74) is 4.65. The summed E-state index contributed by atoms with van der Waals surface area (Å²) < 4.78 is 13.6. The van der Waals surface area contributed by atoms with E-state index in [0.29, 0.717) is 0 Å². The molecule has 0 spiro atoms. The van der Waals surface area contributed by atoms with Crippen LogP contribution in [-0.2, 0) is 6.42 Å². The van der Waals surface area contributed by atoms with Gasteiger partial charge in [0, 0.05) is 6.04 Å². The van der Waals surface area contributed by atoms with Gasteiger partial charge >= 0.3 is 0 Å². The molecule has 0 fully saturated rings. The Kier molecular flexibility index (Phi) is 4.79. The van der Waals surface area contributed by atoms with E-state index in [1.54, 1.807) is 6.07 Å². The molecule has 0 aliphatic carbocycles. The van der Waals surface area contributed by atoms with Crippen LogP contribution in [0, 0.1) is 19.7 Å². The summed E-state index contributed by atoms with van der Waals surface area (Å²) in [5, 5.41) is 3.40. The Morgan fingerprint density at radius 1 is 1.10 bits per heavy atom. The second-order valence-electron chi connectivity index (χ2n) is 5.21. The van der Waals surface area contributed by atoms with Crippen LogP contribution in [0.4, 0.5) is 4.39 Å². The third kappa shape index (κ3) is 3.59. The minimum atomic E-state index is -0.371. The summed E-state index contributed by atoms with van der Waals surface area (Å²) >= 11 is 5.73. The van der Waals surface area contributed by atoms with Gasteiger partial charge in [-0.1, -0.05) is 47.0 Å². The fourth-order valence-corrected chi connectivity index (χ4v) is 2.66. The Hall–Kier alpha value is -1.38. The summed E-state index contributed by atoms with van der Waals surface area (Å²) in [4.78, 5) is 0. The molecule has 1 nitrogen and oxygen atoms in total. The quantitative estimate of drug-likeness (QED) is 0.868. The predicted molar refractivity (Wildman–Crippen MR) is 82.8 cm³/mol. The van der Waals surface area contributed by atoms with Gasteiger partial charge in [-0.25, -0.2) is 4.39 Å². The van der Waals surface area contributed by atoms with Crippen molar-refractivity contribution in [3.63, 3.8) is 0 Å². The van der Waals surface area contributed by atoms with E-state index >= 15 is 0 Å². The first-order valence-corrected chi connectivity index (χ1v) is 7.07. The molecule has 1 unspecified atom stereocenters. The fourth-order valence-electron chi connectivity index (χ4n) is 2.54. The Morgan fingerprint density at radius 3 is 2.30 bits per heavy atom.